The van der Waals surface area contributed by atoms with Crippen LogP contribution in [0.4, 0.5) is 5.69 Å². The molecule has 0 N–H and O–H groups in total. The Balaban J connectivity index is 3.19. The highest BCUT2D eigenvalue weighted by Crippen LogP contribution is 2.61. The zero-order valence-corrected chi connectivity index (χ0v) is 16.0. The number of rotatable bonds is 11. The molecule has 0 radical (unpaired) electrons. The summed E-state index contributed by atoms with van der Waals surface area (Å²) in [4.78, 5) is 12.4. The molecule has 1 aromatic carbocycles. The highest BCUT2D eigenvalue weighted by molar-refractivity contribution is 7.54. The van der Waals surface area contributed by atoms with Crippen molar-refractivity contribution < 1.29 is 18.5 Å². The quantitative estimate of drug-likeness (QED) is 0.244. The van der Waals surface area contributed by atoms with E-state index in [2.05, 4.69) is 0 Å². The predicted molar refractivity (Wildman–Crippen MR) is 96.3 cm³/mol. The zero-order valence-electron chi connectivity index (χ0n) is 13.6. The van der Waals surface area contributed by atoms with Crippen LogP contribution in [-0.4, -0.2) is 50.5 Å². The summed E-state index contributed by atoms with van der Waals surface area (Å²) >= 11 is 11.2. The van der Waals surface area contributed by atoms with Gasteiger partial charge in [0, 0.05) is 36.5 Å². The van der Waals surface area contributed by atoms with Gasteiger partial charge in [0.1, 0.15) is 0 Å². The topological polar surface area (TPSA) is 81.9 Å². The molecule has 1 aromatic rings. The lowest BCUT2D eigenvalue weighted by atomic mass is 10.1. The Morgan fingerprint density at radius 3 is 2.04 bits per heavy atom. The third-order valence-corrected chi connectivity index (χ3v) is 5.81. The van der Waals surface area contributed by atoms with Gasteiger partial charge in [0.2, 0.25) is 6.54 Å². The molecule has 24 heavy (non-hydrogen) atoms. The molecule has 1 atom stereocenters. The van der Waals surface area contributed by atoms with Crippen molar-refractivity contribution in [2.24, 2.45) is 0 Å². The van der Waals surface area contributed by atoms with Crippen LogP contribution in [-0.2, 0) is 13.6 Å². The van der Waals surface area contributed by atoms with E-state index < -0.39 is 24.7 Å². The number of hydrogen-bond donors (Lipinski definition) is 0. The Morgan fingerprint density at radius 1 is 1.17 bits per heavy atom. The second-order valence-corrected chi connectivity index (χ2v) is 8.08. The van der Waals surface area contributed by atoms with Crippen LogP contribution >= 0.6 is 30.8 Å². The molecule has 0 saturated carbocycles. The molecule has 0 spiro atoms. The monoisotopic (exact) mass is 398 g/mol. The number of hydrogen-bond acceptors (Lipinski definition) is 6. The van der Waals surface area contributed by atoms with Crippen LogP contribution < -0.4 is 4.90 Å². The first-order valence-electron chi connectivity index (χ1n) is 7.24. The minimum Gasteiger partial charge on any atom is -0.378 e. The normalized spacial score (nSPS) is 12.8. The van der Waals surface area contributed by atoms with Crippen LogP contribution in [0.25, 0.3) is 0 Å². The van der Waals surface area contributed by atoms with E-state index in [0.717, 1.165) is 5.69 Å². The van der Waals surface area contributed by atoms with Gasteiger partial charge in [-0.15, -0.1) is 23.2 Å². The van der Waals surface area contributed by atoms with Crippen molar-refractivity contribution in [1.29, 1.82) is 0 Å². The number of nitrogens with zero attached hydrogens (tertiary/aromatic N) is 2. The van der Waals surface area contributed by atoms with Crippen molar-refractivity contribution in [1.82, 2.24) is 0 Å². The smallest absolute Gasteiger partial charge is 0.344 e. The van der Waals surface area contributed by atoms with Crippen LogP contribution in [0.5, 0.6) is 0 Å². The zero-order chi connectivity index (χ0) is 18.2. The standard InChI is InChI=1S/C14H21Cl2N2O5P/c1-17(2)13-5-3-12(4-6-13)14(11-18(19)20)24(21,22-9-7-15)23-10-8-16/h3-6,14H,7-11H2,1-2H3/t14-/m0/s1. The maximum Gasteiger partial charge on any atom is 0.344 e. The van der Waals surface area contributed by atoms with Gasteiger partial charge in [0.05, 0.1) is 13.2 Å². The summed E-state index contributed by atoms with van der Waals surface area (Å²) < 4.78 is 23.7. The molecule has 0 unspecified atom stereocenters. The van der Waals surface area contributed by atoms with Gasteiger partial charge in [0.15, 0.2) is 5.66 Å². The van der Waals surface area contributed by atoms with Crippen molar-refractivity contribution in [3.8, 4) is 0 Å². The van der Waals surface area contributed by atoms with Gasteiger partial charge in [-0.2, -0.15) is 0 Å². The van der Waals surface area contributed by atoms with Crippen LogP contribution in [0.3, 0.4) is 0 Å². The first kappa shape index (κ1) is 21.2. The Morgan fingerprint density at radius 2 is 1.67 bits per heavy atom. The highest BCUT2D eigenvalue weighted by Gasteiger charge is 2.41. The molecule has 0 aromatic heterocycles. The number of halogens is 2. The van der Waals surface area contributed by atoms with Gasteiger partial charge < -0.3 is 13.9 Å². The Labute approximate surface area is 151 Å². The lowest BCUT2D eigenvalue weighted by Crippen LogP contribution is -2.17. The first-order valence-corrected chi connectivity index (χ1v) is 9.92. The van der Waals surface area contributed by atoms with E-state index >= 15 is 0 Å². The third kappa shape index (κ3) is 6.22. The second-order valence-electron chi connectivity index (χ2n) is 5.10. The molecule has 0 aliphatic heterocycles. The summed E-state index contributed by atoms with van der Waals surface area (Å²) in [7, 11) is -0.0482. The van der Waals surface area contributed by atoms with Gasteiger partial charge in [-0.3, -0.25) is 14.7 Å². The van der Waals surface area contributed by atoms with Crippen LogP contribution in [0.2, 0.25) is 0 Å². The van der Waals surface area contributed by atoms with E-state index in [9.17, 15) is 14.7 Å². The van der Waals surface area contributed by atoms with Gasteiger partial charge in [-0.05, 0) is 17.7 Å². The molecule has 10 heteroatoms. The predicted octanol–water partition coefficient (Wildman–Crippen LogP) is 3.77. The molecule has 0 heterocycles. The second kappa shape index (κ2) is 10.2. The fraction of sp³-hybridized carbons (Fsp3) is 0.571. The van der Waals surface area contributed by atoms with Crippen molar-refractivity contribution in [2.75, 3.05) is 50.5 Å². The maximum absolute atomic E-state index is 13.1. The Hall–Kier alpha value is -0.850. The SMILES string of the molecule is CN(C)c1ccc([C@H](C[N+](=O)[O-])P(=O)(OCCCl)OCCCl)cc1. The largest absolute Gasteiger partial charge is 0.378 e. The summed E-state index contributed by atoms with van der Waals surface area (Å²) in [6.07, 6.45) is 0. The molecule has 7 nitrogen and oxygen atoms in total. The van der Waals surface area contributed by atoms with E-state index in [-0.39, 0.29) is 25.0 Å². The number of nitro groups is 1. The van der Waals surface area contributed by atoms with Gasteiger partial charge >= 0.3 is 7.60 Å². The fourth-order valence-corrected chi connectivity index (χ4v) is 4.43. The molecule has 0 aliphatic carbocycles. The summed E-state index contributed by atoms with van der Waals surface area (Å²) in [5.41, 5.74) is 0.386. The fourth-order valence-electron chi connectivity index (χ4n) is 2.06. The van der Waals surface area contributed by atoms with Crippen LogP contribution in [0.1, 0.15) is 11.2 Å². The molecule has 136 valence electrons. The van der Waals surface area contributed by atoms with Gasteiger partial charge in [0.25, 0.3) is 0 Å². The maximum atomic E-state index is 13.1. The minimum atomic E-state index is -3.80. The number of anilines is 1. The molecular formula is C14H21Cl2N2O5P. The third-order valence-electron chi connectivity index (χ3n) is 3.19. The van der Waals surface area contributed by atoms with Crippen molar-refractivity contribution in [3.05, 3.63) is 39.9 Å². The van der Waals surface area contributed by atoms with E-state index in [4.69, 9.17) is 32.2 Å². The van der Waals surface area contributed by atoms with Crippen molar-refractivity contribution in [3.63, 3.8) is 0 Å². The molecule has 0 bridgehead atoms. The number of alkyl halides is 2. The molecule has 0 saturated heterocycles. The summed E-state index contributed by atoms with van der Waals surface area (Å²) in [5, 5.41) is 11.1. The molecule has 0 aliphatic rings. The van der Waals surface area contributed by atoms with Crippen molar-refractivity contribution in [2.45, 2.75) is 5.66 Å². The highest BCUT2D eigenvalue weighted by atomic mass is 35.5. The first-order chi connectivity index (χ1) is 11.3. The lowest BCUT2D eigenvalue weighted by molar-refractivity contribution is -0.480. The van der Waals surface area contributed by atoms with E-state index in [0.29, 0.717) is 5.56 Å². The van der Waals surface area contributed by atoms with E-state index in [1.807, 2.05) is 19.0 Å². The van der Waals surface area contributed by atoms with Crippen LogP contribution in [0, 0.1) is 10.1 Å². The summed E-state index contributed by atoms with van der Waals surface area (Å²) in [5.74, 6) is 0.192. The average Bonchev–Trinajstić information content (AvgIpc) is 2.56. The van der Waals surface area contributed by atoms with Gasteiger partial charge in [-0.25, -0.2) is 0 Å². The number of benzene rings is 1. The molecule has 0 amide bonds. The molecule has 0 fully saturated rings. The van der Waals surface area contributed by atoms with E-state index in [1.54, 1.807) is 24.3 Å². The minimum absolute atomic E-state index is 0.0366. The molecular weight excluding hydrogens is 378 g/mol. The lowest BCUT2D eigenvalue weighted by Gasteiger charge is -2.25. The molecule has 1 rings (SSSR count). The van der Waals surface area contributed by atoms with Gasteiger partial charge in [-0.1, -0.05) is 12.1 Å². The summed E-state index contributed by atoms with van der Waals surface area (Å²) in [6, 6.07) is 6.94. The summed E-state index contributed by atoms with van der Waals surface area (Å²) in [6.45, 7) is -0.653. The van der Waals surface area contributed by atoms with Crippen molar-refractivity contribution >= 4 is 36.5 Å². The van der Waals surface area contributed by atoms with E-state index in [1.165, 1.54) is 0 Å². The Kier molecular flexibility index (Phi) is 9.02. The van der Waals surface area contributed by atoms with Crippen LogP contribution in [0.15, 0.2) is 24.3 Å². The average molecular weight is 399 g/mol. The Bertz CT molecular complexity index is 559.